The van der Waals surface area contributed by atoms with Crippen molar-refractivity contribution in [1.29, 1.82) is 0 Å². The minimum Gasteiger partial charge on any atom is -0.313 e. The number of aryl methyl sites for hydroxylation is 2. The fraction of sp³-hybridized carbons (Fsp3) is 0.538. The quantitative estimate of drug-likeness (QED) is 0.930. The minimum absolute atomic E-state index is 0.523. The summed E-state index contributed by atoms with van der Waals surface area (Å²) in [6.07, 6.45) is 3.13. The Balaban J connectivity index is 1.62. The van der Waals surface area contributed by atoms with E-state index in [2.05, 4.69) is 54.4 Å². The summed E-state index contributed by atoms with van der Waals surface area (Å²) < 4.78 is 3.46. The number of hydrogen-bond acceptors (Lipinski definition) is 4. The van der Waals surface area contributed by atoms with Crippen LogP contribution in [0.1, 0.15) is 29.9 Å². The second-order valence-corrected chi connectivity index (χ2v) is 6.76. The largest absolute Gasteiger partial charge is 0.313 e. The number of nitrogens with zero attached hydrogens (tertiary/aromatic N) is 3. The van der Waals surface area contributed by atoms with Gasteiger partial charge in [0, 0.05) is 46.7 Å². The van der Waals surface area contributed by atoms with Crippen molar-refractivity contribution < 1.29 is 0 Å². The van der Waals surface area contributed by atoms with Gasteiger partial charge in [-0.1, -0.05) is 6.92 Å². The average Bonchev–Trinajstić information content (AvgIpc) is 3.01. The summed E-state index contributed by atoms with van der Waals surface area (Å²) in [5.74, 6) is 2.26. The highest BCUT2D eigenvalue weighted by molar-refractivity contribution is 9.10. The maximum absolute atomic E-state index is 4.26. The molecule has 0 amide bonds. The number of nitrogens with one attached hydrogen (secondary N) is 1. The number of aromatic nitrogens is 3. The molecule has 0 spiro atoms. The second-order valence-electron chi connectivity index (χ2n) is 4.84. The second kappa shape index (κ2) is 5.73. The van der Waals surface area contributed by atoms with E-state index in [9.17, 15) is 0 Å². The van der Waals surface area contributed by atoms with Crippen LogP contribution in [-0.4, -0.2) is 20.8 Å². The molecular weight excluding hydrogens is 324 g/mol. The Morgan fingerprint density at radius 1 is 1.53 bits per heavy atom. The van der Waals surface area contributed by atoms with Crippen molar-refractivity contribution in [2.45, 2.75) is 45.3 Å². The topological polar surface area (TPSA) is 42.7 Å². The number of fused-ring (bicyclic) bond motifs is 1. The molecule has 4 nitrogen and oxygen atoms in total. The molecule has 0 aromatic carbocycles. The number of hydrogen-bond donors (Lipinski definition) is 1. The molecule has 1 N–H and O–H groups in total. The van der Waals surface area contributed by atoms with Crippen molar-refractivity contribution in [3.63, 3.8) is 0 Å². The van der Waals surface area contributed by atoms with Crippen molar-refractivity contribution >= 4 is 27.3 Å². The smallest absolute Gasteiger partial charge is 0.133 e. The number of halogens is 1. The Kier molecular flexibility index (Phi) is 4.00. The van der Waals surface area contributed by atoms with Gasteiger partial charge >= 0.3 is 0 Å². The molecule has 0 fully saturated rings. The van der Waals surface area contributed by atoms with Gasteiger partial charge in [0.2, 0.25) is 0 Å². The molecule has 2 aromatic heterocycles. The summed E-state index contributed by atoms with van der Waals surface area (Å²) in [5.41, 5.74) is 0. The molecule has 0 unspecified atom stereocenters. The molecule has 3 rings (SSSR count). The molecule has 1 aliphatic rings. The normalized spacial score (nSPS) is 18.5. The molecule has 0 saturated heterocycles. The highest BCUT2D eigenvalue weighted by atomic mass is 79.9. The molecule has 0 radical (unpaired) electrons. The Bertz CT molecular complexity index is 549. The van der Waals surface area contributed by atoms with Crippen molar-refractivity contribution in [1.82, 2.24) is 20.1 Å². The van der Waals surface area contributed by atoms with Crippen LogP contribution in [-0.2, 0) is 25.9 Å². The lowest BCUT2D eigenvalue weighted by Gasteiger charge is -2.25. The molecule has 1 atom stereocenters. The lowest BCUT2D eigenvalue weighted by Crippen LogP contribution is -2.37. The summed E-state index contributed by atoms with van der Waals surface area (Å²) >= 11 is 5.29. The van der Waals surface area contributed by atoms with E-state index in [1.54, 1.807) is 11.3 Å². The van der Waals surface area contributed by atoms with Gasteiger partial charge in [-0.3, -0.25) is 0 Å². The first-order valence-electron chi connectivity index (χ1n) is 6.63. The van der Waals surface area contributed by atoms with E-state index in [0.29, 0.717) is 6.04 Å². The SMILES string of the molecule is CCc1nnc2n1C[C@@H](NCc1cc(Br)cs1)CC2. The molecule has 6 heteroatoms. The van der Waals surface area contributed by atoms with Crippen LogP contribution in [0.4, 0.5) is 0 Å². The summed E-state index contributed by atoms with van der Waals surface area (Å²) in [5, 5.41) is 14.3. The van der Waals surface area contributed by atoms with E-state index in [1.165, 1.54) is 9.35 Å². The molecule has 102 valence electrons. The molecule has 3 heterocycles. The van der Waals surface area contributed by atoms with E-state index in [0.717, 1.165) is 44.0 Å². The summed E-state index contributed by atoms with van der Waals surface area (Å²) in [6.45, 7) is 4.08. The Morgan fingerprint density at radius 3 is 3.16 bits per heavy atom. The Labute approximate surface area is 125 Å². The predicted octanol–water partition coefficient (Wildman–Crippen LogP) is 2.77. The van der Waals surface area contributed by atoms with E-state index in [-0.39, 0.29) is 0 Å². The van der Waals surface area contributed by atoms with Crippen LogP contribution in [0.5, 0.6) is 0 Å². The average molecular weight is 341 g/mol. The van der Waals surface area contributed by atoms with Gasteiger partial charge in [-0.25, -0.2) is 0 Å². The van der Waals surface area contributed by atoms with E-state index in [1.807, 2.05) is 0 Å². The van der Waals surface area contributed by atoms with Gasteiger partial charge in [0.05, 0.1) is 0 Å². The van der Waals surface area contributed by atoms with Gasteiger partial charge < -0.3 is 9.88 Å². The Morgan fingerprint density at radius 2 is 2.42 bits per heavy atom. The summed E-state index contributed by atoms with van der Waals surface area (Å²) in [6, 6.07) is 2.71. The first kappa shape index (κ1) is 13.3. The lowest BCUT2D eigenvalue weighted by molar-refractivity contribution is 0.374. The maximum atomic E-state index is 4.26. The van der Waals surface area contributed by atoms with Crippen molar-refractivity contribution in [2.75, 3.05) is 0 Å². The van der Waals surface area contributed by atoms with Gasteiger partial charge in [0.25, 0.3) is 0 Å². The van der Waals surface area contributed by atoms with Crippen molar-refractivity contribution in [3.8, 4) is 0 Å². The van der Waals surface area contributed by atoms with Crippen LogP contribution in [0.25, 0.3) is 0 Å². The molecule has 0 saturated carbocycles. The minimum atomic E-state index is 0.523. The molecule has 0 bridgehead atoms. The Hall–Kier alpha value is -0.720. The highest BCUT2D eigenvalue weighted by Crippen LogP contribution is 2.20. The van der Waals surface area contributed by atoms with Gasteiger partial charge in [0.15, 0.2) is 0 Å². The summed E-state index contributed by atoms with van der Waals surface area (Å²) in [4.78, 5) is 1.37. The third kappa shape index (κ3) is 2.90. The molecular formula is C13H17BrN4S. The first-order chi connectivity index (χ1) is 9.26. The van der Waals surface area contributed by atoms with Crippen LogP contribution in [0.2, 0.25) is 0 Å². The fourth-order valence-corrected chi connectivity index (χ4v) is 3.90. The van der Waals surface area contributed by atoms with Crippen LogP contribution in [0.15, 0.2) is 15.9 Å². The van der Waals surface area contributed by atoms with E-state index in [4.69, 9.17) is 0 Å². The lowest BCUT2D eigenvalue weighted by atomic mass is 10.1. The summed E-state index contributed by atoms with van der Waals surface area (Å²) in [7, 11) is 0. The van der Waals surface area contributed by atoms with Crippen LogP contribution in [0, 0.1) is 0 Å². The van der Waals surface area contributed by atoms with Crippen molar-refractivity contribution in [2.24, 2.45) is 0 Å². The zero-order valence-electron chi connectivity index (χ0n) is 10.9. The maximum Gasteiger partial charge on any atom is 0.133 e. The number of rotatable bonds is 4. The fourth-order valence-electron chi connectivity index (χ4n) is 2.50. The third-order valence-corrected chi connectivity index (χ3v) is 5.22. The van der Waals surface area contributed by atoms with Gasteiger partial charge in [-0.05, 0) is 28.4 Å². The van der Waals surface area contributed by atoms with E-state index >= 15 is 0 Å². The molecule has 1 aliphatic heterocycles. The third-order valence-electron chi connectivity index (χ3n) is 3.53. The predicted molar refractivity (Wildman–Crippen MR) is 80.4 cm³/mol. The van der Waals surface area contributed by atoms with Gasteiger partial charge in [-0.15, -0.1) is 21.5 Å². The molecule has 0 aliphatic carbocycles. The molecule has 19 heavy (non-hydrogen) atoms. The van der Waals surface area contributed by atoms with Gasteiger partial charge in [0.1, 0.15) is 11.6 Å². The highest BCUT2D eigenvalue weighted by Gasteiger charge is 2.21. The zero-order chi connectivity index (χ0) is 13.2. The van der Waals surface area contributed by atoms with Crippen LogP contribution in [0.3, 0.4) is 0 Å². The standard InChI is InChI=1S/C13H17BrN4S/c1-2-12-16-17-13-4-3-10(7-18(12)13)15-6-11-5-9(14)8-19-11/h5,8,10,15H,2-4,6-7H2,1H3/t10-/m0/s1. The van der Waals surface area contributed by atoms with Crippen LogP contribution >= 0.6 is 27.3 Å². The monoisotopic (exact) mass is 340 g/mol. The van der Waals surface area contributed by atoms with Gasteiger partial charge in [-0.2, -0.15) is 0 Å². The van der Waals surface area contributed by atoms with Crippen LogP contribution < -0.4 is 5.32 Å². The number of thiophene rings is 1. The molecule has 2 aromatic rings. The van der Waals surface area contributed by atoms with Crippen molar-refractivity contribution in [3.05, 3.63) is 32.4 Å². The van der Waals surface area contributed by atoms with E-state index < -0.39 is 0 Å². The zero-order valence-corrected chi connectivity index (χ0v) is 13.3. The first-order valence-corrected chi connectivity index (χ1v) is 8.30.